The van der Waals surface area contributed by atoms with Crippen LogP contribution in [0.2, 0.25) is 0 Å². The average Bonchev–Trinajstić information content (AvgIpc) is 2.96. The van der Waals surface area contributed by atoms with Gasteiger partial charge < -0.3 is 5.32 Å². The van der Waals surface area contributed by atoms with Gasteiger partial charge in [-0.1, -0.05) is 26.0 Å². The van der Waals surface area contributed by atoms with Crippen molar-refractivity contribution >= 4 is 17.4 Å². The molecule has 1 saturated heterocycles. The van der Waals surface area contributed by atoms with Crippen LogP contribution in [0.4, 0.5) is 5.69 Å². The van der Waals surface area contributed by atoms with Crippen molar-refractivity contribution < 1.29 is 0 Å². The van der Waals surface area contributed by atoms with Gasteiger partial charge in [0, 0.05) is 23.7 Å². The number of hydrogen-bond donors (Lipinski definition) is 2. The van der Waals surface area contributed by atoms with Gasteiger partial charge in [-0.2, -0.15) is 16.9 Å². The molecule has 1 aromatic carbocycles. The van der Waals surface area contributed by atoms with E-state index >= 15 is 0 Å². The lowest BCUT2D eigenvalue weighted by molar-refractivity contribution is 0.305. The number of benzene rings is 1. The Hall–Kier alpha value is -1.42. The Labute approximate surface area is 124 Å². The lowest BCUT2D eigenvalue weighted by Crippen LogP contribution is -2.41. The van der Waals surface area contributed by atoms with E-state index in [4.69, 9.17) is 0 Å². The summed E-state index contributed by atoms with van der Waals surface area (Å²) >= 11 is 2.05. The van der Waals surface area contributed by atoms with Crippen molar-refractivity contribution in [2.75, 3.05) is 16.8 Å². The van der Waals surface area contributed by atoms with Crippen LogP contribution in [0.1, 0.15) is 20.3 Å². The van der Waals surface area contributed by atoms with E-state index in [2.05, 4.69) is 53.6 Å². The molecule has 3 rings (SSSR count). The molecule has 0 radical (unpaired) electrons. The second kappa shape index (κ2) is 5.52. The molecule has 1 aliphatic rings. The maximum Gasteiger partial charge on any atom is 0.0650 e. The van der Waals surface area contributed by atoms with Gasteiger partial charge in [-0.15, -0.1) is 0 Å². The summed E-state index contributed by atoms with van der Waals surface area (Å²) in [6.45, 7) is 4.73. The van der Waals surface area contributed by atoms with E-state index in [0.717, 1.165) is 5.69 Å². The Kier molecular flexibility index (Phi) is 3.74. The molecule has 1 aromatic heterocycles. The Balaban J connectivity index is 1.72. The molecule has 0 spiro atoms. The fourth-order valence-electron chi connectivity index (χ4n) is 2.54. The second-order valence-electron chi connectivity index (χ2n) is 6.06. The molecular formula is C16H21N3S. The van der Waals surface area contributed by atoms with Gasteiger partial charge in [0.15, 0.2) is 0 Å². The smallest absolute Gasteiger partial charge is 0.0650 e. The highest BCUT2D eigenvalue weighted by molar-refractivity contribution is 7.99. The van der Waals surface area contributed by atoms with Crippen molar-refractivity contribution in [1.82, 2.24) is 10.2 Å². The molecule has 20 heavy (non-hydrogen) atoms. The number of anilines is 1. The third kappa shape index (κ3) is 2.85. The zero-order chi connectivity index (χ0) is 14.0. The van der Waals surface area contributed by atoms with Crippen LogP contribution in [0, 0.1) is 5.41 Å². The molecule has 1 unspecified atom stereocenters. The van der Waals surface area contributed by atoms with Crippen LogP contribution >= 0.6 is 11.8 Å². The van der Waals surface area contributed by atoms with Gasteiger partial charge in [0.05, 0.1) is 5.69 Å². The summed E-state index contributed by atoms with van der Waals surface area (Å²) in [6.07, 6.45) is 3.06. The van der Waals surface area contributed by atoms with Crippen LogP contribution in [0.5, 0.6) is 0 Å². The van der Waals surface area contributed by atoms with Crippen molar-refractivity contribution in [2.45, 2.75) is 26.3 Å². The number of aromatic amines is 1. The van der Waals surface area contributed by atoms with E-state index in [1.165, 1.54) is 29.2 Å². The van der Waals surface area contributed by atoms with E-state index in [9.17, 15) is 0 Å². The molecule has 2 heterocycles. The summed E-state index contributed by atoms with van der Waals surface area (Å²) in [5.74, 6) is 2.47. The average molecular weight is 287 g/mol. The minimum Gasteiger partial charge on any atom is -0.381 e. The third-order valence-corrected chi connectivity index (χ3v) is 5.22. The molecule has 0 saturated carbocycles. The lowest BCUT2D eigenvalue weighted by Gasteiger charge is -2.39. The van der Waals surface area contributed by atoms with Gasteiger partial charge in [-0.05, 0) is 41.4 Å². The highest BCUT2D eigenvalue weighted by Crippen LogP contribution is 2.36. The summed E-state index contributed by atoms with van der Waals surface area (Å²) in [7, 11) is 0. The number of thioether (sulfide) groups is 1. The molecule has 1 aliphatic heterocycles. The van der Waals surface area contributed by atoms with Crippen LogP contribution in [-0.2, 0) is 0 Å². The minimum atomic E-state index is 0.368. The molecule has 1 fully saturated rings. The number of H-pyrrole nitrogens is 1. The largest absolute Gasteiger partial charge is 0.381 e. The fraction of sp³-hybridized carbons (Fsp3) is 0.438. The van der Waals surface area contributed by atoms with Crippen LogP contribution in [0.3, 0.4) is 0 Å². The molecular weight excluding hydrogens is 266 g/mol. The molecule has 3 nitrogen and oxygen atoms in total. The van der Waals surface area contributed by atoms with Crippen molar-refractivity contribution in [3.63, 3.8) is 0 Å². The molecule has 4 heteroatoms. The Bertz CT molecular complexity index is 546. The van der Waals surface area contributed by atoms with E-state index < -0.39 is 0 Å². The maximum atomic E-state index is 3.99. The van der Waals surface area contributed by atoms with Gasteiger partial charge in [0.2, 0.25) is 0 Å². The number of nitrogens with zero attached hydrogens (tertiary/aromatic N) is 1. The molecule has 2 N–H and O–H groups in total. The van der Waals surface area contributed by atoms with Crippen LogP contribution < -0.4 is 5.32 Å². The van der Waals surface area contributed by atoms with Crippen molar-refractivity contribution in [3.05, 3.63) is 36.5 Å². The van der Waals surface area contributed by atoms with Crippen molar-refractivity contribution in [3.8, 4) is 11.3 Å². The summed E-state index contributed by atoms with van der Waals surface area (Å²) < 4.78 is 0. The number of hydrogen-bond acceptors (Lipinski definition) is 3. The zero-order valence-electron chi connectivity index (χ0n) is 12.0. The van der Waals surface area contributed by atoms with Gasteiger partial charge >= 0.3 is 0 Å². The summed E-state index contributed by atoms with van der Waals surface area (Å²) in [5, 5.41) is 10.7. The topological polar surface area (TPSA) is 40.7 Å². The molecule has 0 aliphatic carbocycles. The fourth-order valence-corrected chi connectivity index (χ4v) is 4.14. The molecule has 2 aromatic rings. The van der Waals surface area contributed by atoms with Gasteiger partial charge in [-0.25, -0.2) is 0 Å². The second-order valence-corrected chi connectivity index (χ2v) is 7.21. The predicted molar refractivity (Wildman–Crippen MR) is 87.2 cm³/mol. The molecule has 1 atom stereocenters. The normalized spacial score (nSPS) is 21.6. The van der Waals surface area contributed by atoms with Crippen LogP contribution in [-0.4, -0.2) is 27.7 Å². The summed E-state index contributed by atoms with van der Waals surface area (Å²) in [6, 6.07) is 11.1. The first-order valence-corrected chi connectivity index (χ1v) is 8.25. The highest BCUT2D eigenvalue weighted by atomic mass is 32.2. The first-order valence-electron chi connectivity index (χ1n) is 7.09. The van der Waals surface area contributed by atoms with Crippen LogP contribution in [0.15, 0.2) is 36.5 Å². The van der Waals surface area contributed by atoms with E-state index in [1.54, 1.807) is 6.20 Å². The van der Waals surface area contributed by atoms with E-state index in [1.807, 2.05) is 17.8 Å². The maximum absolute atomic E-state index is 3.99. The van der Waals surface area contributed by atoms with Gasteiger partial charge in [0.25, 0.3) is 0 Å². The zero-order valence-corrected chi connectivity index (χ0v) is 12.8. The van der Waals surface area contributed by atoms with E-state index in [-0.39, 0.29) is 0 Å². The highest BCUT2D eigenvalue weighted by Gasteiger charge is 2.32. The van der Waals surface area contributed by atoms with E-state index in [0.29, 0.717) is 11.5 Å². The van der Waals surface area contributed by atoms with Gasteiger partial charge in [-0.3, -0.25) is 5.10 Å². The first-order chi connectivity index (χ1) is 9.65. The van der Waals surface area contributed by atoms with Gasteiger partial charge in [0.1, 0.15) is 0 Å². The minimum absolute atomic E-state index is 0.368. The summed E-state index contributed by atoms with van der Waals surface area (Å²) in [5.41, 5.74) is 3.80. The number of rotatable bonds is 3. The number of aromatic nitrogens is 2. The quantitative estimate of drug-likeness (QED) is 0.895. The Morgan fingerprint density at radius 1 is 1.25 bits per heavy atom. The number of nitrogens with one attached hydrogen (secondary N) is 2. The first kappa shape index (κ1) is 13.6. The summed E-state index contributed by atoms with van der Waals surface area (Å²) in [4.78, 5) is 0. The SMILES string of the molecule is CC1(C)CCSCC1Nc1ccc(-c2ccn[nH]2)cc1. The van der Waals surface area contributed by atoms with Crippen LogP contribution in [0.25, 0.3) is 11.3 Å². The van der Waals surface area contributed by atoms with Crippen molar-refractivity contribution in [1.29, 1.82) is 0 Å². The Morgan fingerprint density at radius 3 is 2.70 bits per heavy atom. The predicted octanol–water partition coefficient (Wildman–Crippen LogP) is 4.02. The standard InChI is InChI=1S/C16H21N3S/c1-16(2)8-10-20-11-15(16)18-13-5-3-12(4-6-13)14-7-9-17-19-14/h3-7,9,15,18H,8,10-11H2,1-2H3,(H,17,19). The monoisotopic (exact) mass is 287 g/mol. The molecule has 0 amide bonds. The molecule has 0 bridgehead atoms. The molecule has 106 valence electrons. The third-order valence-electron chi connectivity index (χ3n) is 4.16. The lowest BCUT2D eigenvalue weighted by atomic mass is 9.82. The van der Waals surface area contributed by atoms with Crippen molar-refractivity contribution in [2.24, 2.45) is 5.41 Å². The Morgan fingerprint density at radius 2 is 2.05 bits per heavy atom.